The summed E-state index contributed by atoms with van der Waals surface area (Å²) >= 11 is 5.69. The van der Waals surface area contributed by atoms with E-state index in [0.29, 0.717) is 11.3 Å². The van der Waals surface area contributed by atoms with Gasteiger partial charge in [-0.15, -0.1) is 0 Å². The van der Waals surface area contributed by atoms with Crippen molar-refractivity contribution in [3.8, 4) is 0 Å². The molecule has 1 aromatic carbocycles. The van der Waals surface area contributed by atoms with Crippen molar-refractivity contribution in [1.82, 2.24) is 9.88 Å². The van der Waals surface area contributed by atoms with Gasteiger partial charge in [-0.3, -0.25) is 9.78 Å². The number of halogens is 3. The third-order valence-corrected chi connectivity index (χ3v) is 4.63. The zero-order chi connectivity index (χ0) is 27.3. The molecular weight excluding hydrogens is 382 g/mol. The largest absolute Gasteiger partial charge is 0.338 e. The number of pyridine rings is 1. The fraction of sp³-hybridized carbons (Fsp3) is 0.455. The summed E-state index contributed by atoms with van der Waals surface area (Å²) < 4.78 is 94.9. The van der Waals surface area contributed by atoms with Crippen molar-refractivity contribution in [2.24, 2.45) is 0 Å². The average molecular weight is 415 g/mol. The Morgan fingerprint density at radius 1 is 1.36 bits per heavy atom. The van der Waals surface area contributed by atoms with Gasteiger partial charge in [-0.1, -0.05) is 24.6 Å². The Kier molecular flexibility index (Phi) is 4.02. The van der Waals surface area contributed by atoms with Gasteiger partial charge in [0, 0.05) is 41.4 Å². The molecule has 150 valence electrons. The predicted octanol–water partition coefficient (Wildman–Crippen LogP) is 5.40. The molecule has 0 radical (unpaired) electrons. The number of likely N-dealkylation sites (tertiary alicyclic amines) is 1. The molecule has 3 rings (SSSR count). The summed E-state index contributed by atoms with van der Waals surface area (Å²) in [7, 11) is 0. The van der Waals surface area contributed by atoms with Crippen molar-refractivity contribution < 1.29 is 24.5 Å². The topological polar surface area (TPSA) is 33.2 Å². The Hall–Kier alpha value is -2.01. The van der Waals surface area contributed by atoms with E-state index in [9.17, 15) is 9.18 Å². The van der Waals surface area contributed by atoms with Gasteiger partial charge in [0.25, 0.3) is 5.91 Å². The van der Waals surface area contributed by atoms with E-state index in [1.165, 1.54) is 25.3 Å². The Balaban J connectivity index is 1.82. The lowest BCUT2D eigenvalue weighted by Crippen LogP contribution is -2.44. The van der Waals surface area contributed by atoms with Crippen LogP contribution in [0, 0.1) is 5.82 Å². The van der Waals surface area contributed by atoms with Crippen LogP contribution in [-0.2, 0) is 12.8 Å². The summed E-state index contributed by atoms with van der Waals surface area (Å²) in [5.74, 6) is -2.00. The second kappa shape index (κ2) is 8.99. The monoisotopic (exact) mass is 414 g/mol. The smallest absolute Gasteiger partial charge is 0.253 e. The van der Waals surface area contributed by atoms with E-state index in [4.69, 9.17) is 22.6 Å². The van der Waals surface area contributed by atoms with E-state index in [-0.39, 0.29) is 16.9 Å². The summed E-state index contributed by atoms with van der Waals surface area (Å²) in [6, 6.07) is 5.79. The minimum Gasteiger partial charge on any atom is -0.338 e. The van der Waals surface area contributed by atoms with Crippen LogP contribution in [-0.4, -0.2) is 34.5 Å². The molecule has 3 nitrogen and oxygen atoms in total. The van der Waals surface area contributed by atoms with Crippen LogP contribution >= 0.6 is 11.6 Å². The molecule has 28 heavy (non-hydrogen) atoms. The van der Waals surface area contributed by atoms with Crippen LogP contribution in [0.25, 0.3) is 0 Å². The van der Waals surface area contributed by atoms with Gasteiger partial charge < -0.3 is 4.90 Å². The zero-order valence-corrected chi connectivity index (χ0v) is 16.0. The molecule has 2 aromatic rings. The van der Waals surface area contributed by atoms with Crippen LogP contribution < -0.4 is 0 Å². The number of carbonyl (C=O) groups excluding carboxylic acids is 1. The number of rotatable bonds is 6. The summed E-state index contributed by atoms with van der Waals surface area (Å²) in [6.45, 7) is -4.48. The second-order valence-corrected chi connectivity index (χ2v) is 6.78. The fourth-order valence-corrected chi connectivity index (χ4v) is 2.87. The van der Waals surface area contributed by atoms with Crippen LogP contribution in [0.1, 0.15) is 65.1 Å². The summed E-state index contributed by atoms with van der Waals surface area (Å²) in [6.07, 6.45) is -5.78. The Bertz CT molecular complexity index is 1120. The Labute approximate surface area is 181 Å². The van der Waals surface area contributed by atoms with Crippen molar-refractivity contribution in [1.29, 1.82) is 0 Å². The van der Waals surface area contributed by atoms with Gasteiger partial charge in [0.15, 0.2) is 0 Å². The number of carbonyl (C=O) groups is 1. The number of alkyl halides is 1. The first-order chi connectivity index (χ1) is 16.3. The first kappa shape index (κ1) is 12.5. The summed E-state index contributed by atoms with van der Waals surface area (Å²) in [5.41, 5.74) is -2.59. The maximum absolute atomic E-state index is 16.1. The standard InChI is InChI=1S/C22H25ClF2N2O/c1-2-16-5-7-18(26-15-16)4-3-9-22(25)10-12-27(13-11-22)21(28)17-6-8-20(24)19(23)14-17/h5-8,14-15H,2-4,9-13H2,1H3/i2D2,9D2,12D2,13D2. The predicted molar refractivity (Wildman–Crippen MR) is 107 cm³/mol. The molecule has 0 saturated carbocycles. The molecule has 0 bridgehead atoms. The lowest BCUT2D eigenvalue weighted by molar-refractivity contribution is 0.0389. The molecule has 1 aliphatic heterocycles. The van der Waals surface area contributed by atoms with Gasteiger partial charge in [0.2, 0.25) is 0 Å². The third-order valence-electron chi connectivity index (χ3n) is 4.34. The maximum Gasteiger partial charge on any atom is 0.253 e. The van der Waals surface area contributed by atoms with Crippen molar-refractivity contribution in [2.75, 3.05) is 13.0 Å². The molecule has 0 N–H and O–H groups in total. The molecule has 1 aromatic heterocycles. The van der Waals surface area contributed by atoms with E-state index in [1.807, 2.05) is 0 Å². The normalized spacial score (nSPS) is 25.1. The number of hydrogen-bond acceptors (Lipinski definition) is 2. The minimum absolute atomic E-state index is 0.0611. The first-order valence-corrected chi connectivity index (χ1v) is 9.11. The quantitative estimate of drug-likeness (QED) is 0.633. The number of piperidine rings is 1. The van der Waals surface area contributed by atoms with Crippen LogP contribution in [0.15, 0.2) is 36.5 Å². The number of amides is 1. The number of benzene rings is 1. The lowest BCUT2D eigenvalue weighted by Gasteiger charge is -2.36. The molecule has 6 heteroatoms. The highest BCUT2D eigenvalue weighted by Gasteiger charge is 2.35. The first-order valence-electron chi connectivity index (χ1n) is 12.7. The molecule has 1 saturated heterocycles. The second-order valence-electron chi connectivity index (χ2n) is 6.37. The molecule has 1 amide bonds. The van der Waals surface area contributed by atoms with Crippen LogP contribution in [0.2, 0.25) is 5.02 Å². The van der Waals surface area contributed by atoms with Crippen LogP contribution in [0.4, 0.5) is 8.78 Å². The van der Waals surface area contributed by atoms with Crippen molar-refractivity contribution >= 4 is 17.5 Å². The molecule has 0 spiro atoms. The van der Waals surface area contributed by atoms with E-state index in [1.54, 1.807) is 0 Å². The number of aromatic nitrogens is 1. The molecule has 0 aliphatic carbocycles. The molecular formula is C22H25ClF2N2O. The van der Waals surface area contributed by atoms with Gasteiger partial charge in [0.05, 0.1) is 5.02 Å². The van der Waals surface area contributed by atoms with E-state index in [2.05, 4.69) is 4.98 Å². The van der Waals surface area contributed by atoms with Crippen molar-refractivity contribution in [2.45, 2.75) is 51.0 Å². The summed E-state index contributed by atoms with van der Waals surface area (Å²) in [4.78, 5) is 17.3. The minimum atomic E-state index is -2.97. The molecule has 0 unspecified atom stereocenters. The maximum atomic E-state index is 16.1. The molecule has 0 atom stereocenters. The number of aryl methyl sites for hydroxylation is 2. The molecule has 1 fully saturated rings. The summed E-state index contributed by atoms with van der Waals surface area (Å²) in [5, 5.41) is -0.424. The number of nitrogens with zero attached hydrogens (tertiary/aromatic N) is 2. The highest BCUT2D eigenvalue weighted by molar-refractivity contribution is 6.31. The van der Waals surface area contributed by atoms with Crippen LogP contribution in [0.5, 0.6) is 0 Å². The van der Waals surface area contributed by atoms with E-state index < -0.39 is 67.4 Å². The third kappa shape index (κ3) is 5.07. The number of hydrogen-bond donors (Lipinski definition) is 0. The van der Waals surface area contributed by atoms with Gasteiger partial charge >= 0.3 is 0 Å². The highest BCUT2D eigenvalue weighted by atomic mass is 35.5. The highest BCUT2D eigenvalue weighted by Crippen LogP contribution is 2.32. The average Bonchev–Trinajstić information content (AvgIpc) is 2.71. The Morgan fingerprint density at radius 3 is 2.71 bits per heavy atom. The lowest BCUT2D eigenvalue weighted by atomic mass is 9.87. The van der Waals surface area contributed by atoms with Crippen molar-refractivity contribution in [3.63, 3.8) is 0 Å². The van der Waals surface area contributed by atoms with Gasteiger partial charge in [-0.05, 0) is 68.3 Å². The van der Waals surface area contributed by atoms with E-state index in [0.717, 1.165) is 18.2 Å². The fourth-order valence-electron chi connectivity index (χ4n) is 2.69. The molecule has 2 heterocycles. The zero-order valence-electron chi connectivity index (χ0n) is 23.2. The molecule has 1 aliphatic rings. The Morgan fingerprint density at radius 2 is 2.11 bits per heavy atom. The van der Waals surface area contributed by atoms with Crippen LogP contribution in [0.3, 0.4) is 0 Å². The van der Waals surface area contributed by atoms with Gasteiger partial charge in [-0.2, -0.15) is 0 Å². The van der Waals surface area contributed by atoms with Gasteiger partial charge in [0.1, 0.15) is 11.5 Å². The van der Waals surface area contributed by atoms with Gasteiger partial charge in [-0.25, -0.2) is 8.78 Å². The SMILES string of the molecule is [2H]C([2H])(C)c1ccc(CCC([2H])([2H])C2(F)CC([2H])([2H])N(C(=O)c3ccc(F)c(Cl)c3)C([2H])([2H])C2)nc1. The van der Waals surface area contributed by atoms with E-state index >= 15 is 4.39 Å². The van der Waals surface area contributed by atoms with Crippen molar-refractivity contribution in [3.05, 3.63) is 64.2 Å².